The van der Waals surface area contributed by atoms with Crippen LogP contribution in [0.5, 0.6) is 0 Å². The van der Waals surface area contributed by atoms with E-state index in [0.717, 1.165) is 57.3 Å². The van der Waals surface area contributed by atoms with Crippen molar-refractivity contribution in [2.24, 2.45) is 5.92 Å². The van der Waals surface area contributed by atoms with Gasteiger partial charge in [-0.15, -0.1) is 0 Å². The number of aryl methyl sites for hydroxylation is 1. The number of piperidine rings is 1. The van der Waals surface area contributed by atoms with E-state index < -0.39 is 0 Å². The monoisotopic (exact) mass is 442 g/mol. The molecule has 2 aliphatic rings. The van der Waals surface area contributed by atoms with Crippen molar-refractivity contribution in [1.29, 1.82) is 0 Å². The fraction of sp³-hybridized carbons (Fsp3) is 0.640. The summed E-state index contributed by atoms with van der Waals surface area (Å²) in [4.78, 5) is 41.1. The number of unbranched alkanes of at least 4 members (excludes halogenated alkanes) is 1. The number of nitrogens with one attached hydrogen (secondary N) is 2. The second-order valence-electron chi connectivity index (χ2n) is 9.08. The molecule has 2 saturated heterocycles. The summed E-state index contributed by atoms with van der Waals surface area (Å²) in [5.74, 6) is -0.253. The molecule has 1 aromatic carbocycles. The molecule has 0 bridgehead atoms. The first-order chi connectivity index (χ1) is 15.5. The summed E-state index contributed by atoms with van der Waals surface area (Å²) in [6, 6.07) is 8.27. The number of carbonyl (C=O) groups is 3. The molecule has 0 saturated carbocycles. The number of amides is 3. The molecule has 3 rings (SSSR count). The third kappa shape index (κ3) is 6.79. The summed E-state index contributed by atoms with van der Waals surface area (Å²) in [6.07, 6.45) is 6.24. The van der Waals surface area contributed by atoms with E-state index >= 15 is 0 Å². The van der Waals surface area contributed by atoms with Gasteiger partial charge in [0.15, 0.2) is 0 Å². The SMILES string of the molecule is CCCCc1ccc(N2CC(C(=O)NC3CCN(CC(=O)NCCC)CC3)CC2=O)cc1. The lowest BCUT2D eigenvalue weighted by atomic mass is 10.0. The van der Waals surface area contributed by atoms with Crippen LogP contribution in [-0.2, 0) is 20.8 Å². The predicted octanol–water partition coefficient (Wildman–Crippen LogP) is 2.49. The van der Waals surface area contributed by atoms with Gasteiger partial charge in [0.2, 0.25) is 17.7 Å². The molecule has 32 heavy (non-hydrogen) atoms. The van der Waals surface area contributed by atoms with Crippen molar-refractivity contribution < 1.29 is 14.4 Å². The number of anilines is 1. The Kier molecular flexibility index (Phi) is 9.09. The molecule has 2 N–H and O–H groups in total. The van der Waals surface area contributed by atoms with Gasteiger partial charge >= 0.3 is 0 Å². The van der Waals surface area contributed by atoms with Crippen molar-refractivity contribution in [1.82, 2.24) is 15.5 Å². The average Bonchev–Trinajstić information content (AvgIpc) is 3.19. The van der Waals surface area contributed by atoms with Gasteiger partial charge < -0.3 is 15.5 Å². The van der Waals surface area contributed by atoms with E-state index in [1.165, 1.54) is 5.56 Å². The molecular formula is C25H38N4O3. The van der Waals surface area contributed by atoms with Crippen molar-refractivity contribution in [3.8, 4) is 0 Å². The van der Waals surface area contributed by atoms with Crippen molar-refractivity contribution in [3.05, 3.63) is 29.8 Å². The first-order valence-electron chi connectivity index (χ1n) is 12.2. The maximum Gasteiger partial charge on any atom is 0.234 e. The molecule has 7 nitrogen and oxygen atoms in total. The van der Waals surface area contributed by atoms with Crippen LogP contribution in [0, 0.1) is 5.92 Å². The van der Waals surface area contributed by atoms with E-state index in [0.29, 0.717) is 19.6 Å². The fourth-order valence-electron chi connectivity index (χ4n) is 4.43. The van der Waals surface area contributed by atoms with Gasteiger partial charge in [-0.25, -0.2) is 0 Å². The first-order valence-corrected chi connectivity index (χ1v) is 12.2. The highest BCUT2D eigenvalue weighted by Crippen LogP contribution is 2.26. The maximum absolute atomic E-state index is 12.8. The summed E-state index contributed by atoms with van der Waals surface area (Å²) < 4.78 is 0. The lowest BCUT2D eigenvalue weighted by Gasteiger charge is -2.32. The molecule has 0 radical (unpaired) electrons. The molecular weight excluding hydrogens is 404 g/mol. The van der Waals surface area contributed by atoms with Crippen LogP contribution in [-0.4, -0.2) is 61.4 Å². The number of benzene rings is 1. The second kappa shape index (κ2) is 12.0. The zero-order valence-corrected chi connectivity index (χ0v) is 19.6. The van der Waals surface area contributed by atoms with Crippen LogP contribution in [0.4, 0.5) is 5.69 Å². The van der Waals surface area contributed by atoms with Crippen molar-refractivity contribution in [3.63, 3.8) is 0 Å². The van der Waals surface area contributed by atoms with Crippen molar-refractivity contribution >= 4 is 23.4 Å². The van der Waals surface area contributed by atoms with Gasteiger partial charge in [0, 0.05) is 44.3 Å². The van der Waals surface area contributed by atoms with Gasteiger partial charge in [0.25, 0.3) is 0 Å². The van der Waals surface area contributed by atoms with E-state index in [1.807, 2.05) is 19.1 Å². The molecule has 176 valence electrons. The fourth-order valence-corrected chi connectivity index (χ4v) is 4.43. The Bertz CT molecular complexity index is 772. The number of carbonyl (C=O) groups excluding carboxylic acids is 3. The normalized spacial score (nSPS) is 19.9. The summed E-state index contributed by atoms with van der Waals surface area (Å²) in [5, 5.41) is 6.06. The molecule has 2 fully saturated rings. The smallest absolute Gasteiger partial charge is 0.234 e. The standard InChI is InChI=1S/C25H38N4O3/c1-3-5-6-19-7-9-22(10-8-19)29-17-20(16-24(29)31)25(32)27-21-11-14-28(15-12-21)18-23(30)26-13-4-2/h7-10,20-21H,3-6,11-18H2,1-2H3,(H,26,30)(H,27,32). The first kappa shape index (κ1) is 24.2. The van der Waals surface area contributed by atoms with E-state index in [-0.39, 0.29) is 36.1 Å². The second-order valence-corrected chi connectivity index (χ2v) is 9.08. The molecule has 1 unspecified atom stereocenters. The molecule has 0 aliphatic carbocycles. The molecule has 0 spiro atoms. The largest absolute Gasteiger partial charge is 0.355 e. The minimum absolute atomic E-state index is 0.0133. The van der Waals surface area contributed by atoms with Crippen LogP contribution in [0.2, 0.25) is 0 Å². The highest BCUT2D eigenvalue weighted by Gasteiger charge is 2.36. The molecule has 2 heterocycles. The van der Waals surface area contributed by atoms with E-state index in [9.17, 15) is 14.4 Å². The van der Waals surface area contributed by atoms with Crippen LogP contribution in [0.1, 0.15) is 57.9 Å². The lowest BCUT2D eigenvalue weighted by molar-refractivity contribution is -0.127. The highest BCUT2D eigenvalue weighted by atomic mass is 16.2. The Morgan fingerprint density at radius 3 is 2.44 bits per heavy atom. The number of rotatable bonds is 10. The Morgan fingerprint density at radius 2 is 1.78 bits per heavy atom. The Balaban J connectivity index is 1.43. The average molecular weight is 443 g/mol. The molecule has 1 aromatic rings. The summed E-state index contributed by atoms with van der Waals surface area (Å²) in [6.45, 7) is 7.38. The highest BCUT2D eigenvalue weighted by molar-refractivity contribution is 6.00. The van der Waals surface area contributed by atoms with Gasteiger partial charge in [0.05, 0.1) is 12.5 Å². The summed E-state index contributed by atoms with van der Waals surface area (Å²) in [7, 11) is 0. The van der Waals surface area contributed by atoms with Crippen LogP contribution in [0.3, 0.4) is 0 Å². The molecule has 2 aliphatic heterocycles. The van der Waals surface area contributed by atoms with E-state index in [1.54, 1.807) is 4.90 Å². The molecule has 7 heteroatoms. The van der Waals surface area contributed by atoms with Gasteiger partial charge in [-0.3, -0.25) is 19.3 Å². The zero-order chi connectivity index (χ0) is 22.9. The van der Waals surface area contributed by atoms with Gasteiger partial charge in [-0.1, -0.05) is 32.4 Å². The maximum atomic E-state index is 12.8. The van der Waals surface area contributed by atoms with Crippen molar-refractivity contribution in [2.45, 2.75) is 64.8 Å². The Labute approximate surface area is 191 Å². The topological polar surface area (TPSA) is 81.8 Å². The van der Waals surface area contributed by atoms with Crippen LogP contribution in [0.25, 0.3) is 0 Å². The summed E-state index contributed by atoms with van der Waals surface area (Å²) >= 11 is 0. The van der Waals surface area contributed by atoms with E-state index in [2.05, 4.69) is 34.6 Å². The lowest BCUT2D eigenvalue weighted by Crippen LogP contribution is -2.48. The Hall–Kier alpha value is -2.41. The minimum Gasteiger partial charge on any atom is -0.355 e. The van der Waals surface area contributed by atoms with Crippen LogP contribution < -0.4 is 15.5 Å². The molecule has 3 amide bonds. The quantitative estimate of drug-likeness (QED) is 0.583. The molecule has 0 aromatic heterocycles. The Morgan fingerprint density at radius 1 is 1.06 bits per heavy atom. The van der Waals surface area contributed by atoms with Crippen LogP contribution >= 0.6 is 0 Å². The minimum atomic E-state index is -0.305. The predicted molar refractivity (Wildman–Crippen MR) is 126 cm³/mol. The van der Waals surface area contributed by atoms with Crippen molar-refractivity contribution in [2.75, 3.05) is 37.6 Å². The zero-order valence-electron chi connectivity index (χ0n) is 19.6. The number of nitrogens with zero attached hydrogens (tertiary/aromatic N) is 2. The third-order valence-corrected chi connectivity index (χ3v) is 6.44. The number of hydrogen-bond donors (Lipinski definition) is 2. The molecule has 1 atom stereocenters. The van der Waals surface area contributed by atoms with Gasteiger partial charge in [0.1, 0.15) is 0 Å². The van der Waals surface area contributed by atoms with Gasteiger partial charge in [-0.2, -0.15) is 0 Å². The number of hydrogen-bond acceptors (Lipinski definition) is 4. The van der Waals surface area contributed by atoms with Crippen LogP contribution in [0.15, 0.2) is 24.3 Å². The van der Waals surface area contributed by atoms with E-state index in [4.69, 9.17) is 0 Å². The summed E-state index contributed by atoms with van der Waals surface area (Å²) in [5.41, 5.74) is 2.16. The third-order valence-electron chi connectivity index (χ3n) is 6.44. The number of likely N-dealkylation sites (tertiary alicyclic amines) is 1. The van der Waals surface area contributed by atoms with Gasteiger partial charge in [-0.05, 0) is 49.8 Å².